The van der Waals surface area contributed by atoms with Crippen LogP contribution >= 0.6 is 11.9 Å². The lowest BCUT2D eigenvalue weighted by Crippen LogP contribution is -2.10. The highest BCUT2D eigenvalue weighted by molar-refractivity contribution is 7.98. The van der Waals surface area contributed by atoms with Gasteiger partial charge in [-0.25, -0.2) is 0 Å². The molecule has 0 amide bonds. The van der Waals surface area contributed by atoms with Crippen LogP contribution in [0.25, 0.3) is 76.8 Å². The fourth-order valence-electron chi connectivity index (χ4n) is 9.51. The molecule has 0 aliphatic rings. The predicted octanol–water partition coefficient (Wildman–Crippen LogP) is 17.0. The van der Waals surface area contributed by atoms with Gasteiger partial charge in [0.05, 0.1) is 33.1 Å². The molecule has 0 atom stereocenters. The molecule has 0 unspecified atom stereocenters. The van der Waals surface area contributed by atoms with Crippen molar-refractivity contribution in [2.45, 2.75) is 117 Å². The normalized spacial score (nSPS) is 13.2. The summed E-state index contributed by atoms with van der Waals surface area (Å²) in [6.07, 6.45) is 0. The van der Waals surface area contributed by atoms with Crippen molar-refractivity contribution < 1.29 is 0 Å². The summed E-state index contributed by atoms with van der Waals surface area (Å²) in [5.74, 6) is 0. The maximum atomic E-state index is 2.50. The topological polar surface area (TPSA) is 14.8 Å². The van der Waals surface area contributed by atoms with Crippen molar-refractivity contribution in [3.05, 3.63) is 161 Å². The fraction of sp³-hybridized carbons (Fsp3) is 0.288. The summed E-state index contributed by atoms with van der Waals surface area (Å²) in [6, 6.07) is 51.6. The molecule has 0 spiro atoms. The van der Waals surface area contributed by atoms with Crippen LogP contribution in [0.1, 0.15) is 111 Å². The van der Waals surface area contributed by atoms with E-state index in [1.807, 2.05) is 0 Å². The molecule has 3 nitrogen and oxygen atoms in total. The summed E-state index contributed by atoms with van der Waals surface area (Å²) in [5, 5.41) is 7.69. The predicted molar refractivity (Wildman–Crippen MR) is 275 cm³/mol. The van der Waals surface area contributed by atoms with Crippen LogP contribution in [0, 0.1) is 6.92 Å². The third-order valence-electron chi connectivity index (χ3n) is 13.4. The van der Waals surface area contributed by atoms with E-state index >= 15 is 0 Å². The Balaban J connectivity index is 1.25. The zero-order chi connectivity index (χ0) is 44.5. The monoisotopic (exact) mass is 843 g/mol. The van der Waals surface area contributed by atoms with Gasteiger partial charge in [0.1, 0.15) is 0 Å². The van der Waals surface area contributed by atoms with Crippen molar-refractivity contribution >= 4 is 77.4 Å². The third kappa shape index (κ3) is 6.97. The molecule has 0 radical (unpaired) electrons. The molecule has 0 fully saturated rings. The van der Waals surface area contributed by atoms with E-state index in [1.54, 1.807) is 11.9 Å². The average molecular weight is 844 g/mol. The van der Waals surface area contributed by atoms with Crippen molar-refractivity contribution in [2.24, 2.45) is 0 Å². The van der Waals surface area contributed by atoms with Gasteiger partial charge < -0.3 is 9.13 Å². The summed E-state index contributed by atoms with van der Waals surface area (Å²) >= 11 is 1.80. The Morgan fingerprint density at radius 3 is 0.905 bits per heavy atom. The van der Waals surface area contributed by atoms with Crippen LogP contribution in [0.4, 0.5) is 0 Å². The van der Waals surface area contributed by atoms with Gasteiger partial charge in [0.25, 0.3) is 0 Å². The smallest absolute Gasteiger partial charge is 0.0609 e. The summed E-state index contributed by atoms with van der Waals surface area (Å²) in [5.41, 5.74) is 16.5. The molecule has 318 valence electrons. The first kappa shape index (κ1) is 41.3. The van der Waals surface area contributed by atoms with Gasteiger partial charge in [-0.3, -0.25) is 3.97 Å². The van der Waals surface area contributed by atoms with Crippen LogP contribution in [0.2, 0.25) is 0 Å². The molecule has 0 bridgehead atoms. The van der Waals surface area contributed by atoms with E-state index in [4.69, 9.17) is 0 Å². The second-order valence-corrected chi connectivity index (χ2v) is 23.2. The third-order valence-corrected chi connectivity index (χ3v) is 14.5. The second kappa shape index (κ2) is 14.1. The minimum Gasteiger partial charge on any atom is -0.309 e. The molecule has 7 aromatic carbocycles. The fourth-order valence-corrected chi connectivity index (χ4v) is 10.5. The average Bonchev–Trinajstić information content (AvgIpc) is 3.84. The molecular formula is C59H61N3S. The van der Waals surface area contributed by atoms with Gasteiger partial charge in [0.2, 0.25) is 0 Å². The minimum atomic E-state index is 0.0396. The number of nitrogens with zero attached hydrogens (tertiary/aromatic N) is 3. The van der Waals surface area contributed by atoms with Crippen molar-refractivity contribution in [3.63, 3.8) is 0 Å². The Labute approximate surface area is 377 Å². The van der Waals surface area contributed by atoms with E-state index in [9.17, 15) is 0 Å². The molecule has 10 aromatic rings. The summed E-state index contributed by atoms with van der Waals surface area (Å²) in [6.45, 7) is 29.9. The minimum absolute atomic E-state index is 0.0396. The lowest BCUT2D eigenvalue weighted by atomic mass is 9.85. The molecule has 3 aromatic heterocycles. The maximum absolute atomic E-state index is 2.50. The molecule has 0 saturated heterocycles. The Morgan fingerprint density at radius 2 is 0.603 bits per heavy atom. The molecule has 0 aliphatic carbocycles. The Hall–Kier alpha value is -5.71. The highest BCUT2D eigenvalue weighted by Gasteiger charge is 2.24. The number of hydrogen-bond donors (Lipinski definition) is 0. The van der Waals surface area contributed by atoms with E-state index in [2.05, 4.69) is 237 Å². The molecule has 4 heteroatoms. The highest BCUT2D eigenvalue weighted by Crippen LogP contribution is 2.43. The number of benzene rings is 7. The van der Waals surface area contributed by atoms with Gasteiger partial charge in [-0.2, -0.15) is 0 Å². The number of aryl methyl sites for hydroxylation is 1. The second-order valence-electron chi connectivity index (χ2n) is 22.2. The van der Waals surface area contributed by atoms with Gasteiger partial charge in [0, 0.05) is 48.6 Å². The van der Waals surface area contributed by atoms with Crippen molar-refractivity contribution in [2.75, 3.05) is 0 Å². The number of hydrogen-bond acceptors (Lipinski definition) is 1. The van der Waals surface area contributed by atoms with Gasteiger partial charge in [-0.15, -0.1) is 0 Å². The Kier molecular flexibility index (Phi) is 9.28. The van der Waals surface area contributed by atoms with Crippen LogP contribution in [0.5, 0.6) is 0 Å². The zero-order valence-corrected chi connectivity index (χ0v) is 40.3. The van der Waals surface area contributed by atoms with Crippen LogP contribution in [0.15, 0.2) is 138 Å². The molecule has 3 heterocycles. The highest BCUT2D eigenvalue weighted by atomic mass is 32.2. The molecule has 10 rings (SSSR count). The van der Waals surface area contributed by atoms with Crippen molar-refractivity contribution in [1.29, 1.82) is 0 Å². The molecule has 0 saturated carbocycles. The zero-order valence-electron chi connectivity index (χ0n) is 39.5. The van der Waals surface area contributed by atoms with Crippen LogP contribution in [0.3, 0.4) is 0 Å². The number of rotatable bonds is 4. The Morgan fingerprint density at radius 1 is 0.317 bits per heavy atom. The first-order chi connectivity index (χ1) is 29.6. The van der Waals surface area contributed by atoms with Crippen LogP contribution in [-0.2, 0) is 21.7 Å². The van der Waals surface area contributed by atoms with E-state index in [0.717, 1.165) is 0 Å². The lowest BCUT2D eigenvalue weighted by molar-refractivity contribution is 0.590. The van der Waals surface area contributed by atoms with Crippen LogP contribution < -0.4 is 0 Å². The largest absolute Gasteiger partial charge is 0.309 e. The molecular weight excluding hydrogens is 783 g/mol. The maximum Gasteiger partial charge on any atom is 0.0609 e. The Bertz CT molecular complexity index is 3100. The van der Waals surface area contributed by atoms with E-state index in [-0.39, 0.29) is 21.7 Å². The summed E-state index contributed by atoms with van der Waals surface area (Å²) in [4.78, 5) is 1.21. The standard InChI is InChI=1S/C59H61N3S/c1-36-14-22-43(23-15-36)63-62-54-28-20-41(60-50-24-16-37(56(2,3)4)30-44(50)45-31-38(57(5,6)7)17-25-51(45)60)34-48(54)49-35-42(21-29-55(49)62)61-52-26-18-39(58(8,9)10)32-46(52)47-33-40(59(11,12)13)19-27-53(47)61/h14-35H,1-13H3. The van der Waals surface area contributed by atoms with E-state index in [0.29, 0.717) is 0 Å². The summed E-state index contributed by atoms with van der Waals surface area (Å²) in [7, 11) is 0. The first-order valence-corrected chi connectivity index (χ1v) is 23.4. The van der Waals surface area contributed by atoms with Crippen molar-refractivity contribution in [1.82, 2.24) is 13.1 Å². The van der Waals surface area contributed by atoms with Crippen LogP contribution in [-0.4, -0.2) is 13.1 Å². The van der Waals surface area contributed by atoms with Gasteiger partial charge in [-0.05, 0) is 160 Å². The molecule has 0 N–H and O–H groups in total. The van der Waals surface area contributed by atoms with Crippen molar-refractivity contribution in [3.8, 4) is 11.4 Å². The SMILES string of the molecule is Cc1ccc(Sn2c3ccc(-n4c5ccc(C(C)(C)C)cc5c5cc(C(C)(C)C)ccc54)cc3c3cc(-n4c5ccc(C(C)(C)C)cc5c5cc(C(C)(C)C)ccc54)ccc32)cc1. The quantitative estimate of drug-likeness (QED) is 0.172. The first-order valence-electron chi connectivity index (χ1n) is 22.7. The van der Waals surface area contributed by atoms with E-state index in [1.165, 1.54) is 110 Å². The summed E-state index contributed by atoms with van der Waals surface area (Å²) < 4.78 is 7.43. The van der Waals surface area contributed by atoms with E-state index < -0.39 is 0 Å². The lowest BCUT2D eigenvalue weighted by Gasteiger charge is -2.19. The van der Waals surface area contributed by atoms with Gasteiger partial charge in [-0.1, -0.05) is 125 Å². The number of aromatic nitrogens is 3. The van der Waals surface area contributed by atoms with Gasteiger partial charge in [0.15, 0.2) is 0 Å². The molecule has 63 heavy (non-hydrogen) atoms. The molecule has 0 aliphatic heterocycles. The van der Waals surface area contributed by atoms with Gasteiger partial charge >= 0.3 is 0 Å². The number of fused-ring (bicyclic) bond motifs is 9.